The zero-order valence-electron chi connectivity index (χ0n) is 7.64. The van der Waals surface area contributed by atoms with E-state index >= 15 is 0 Å². The second kappa shape index (κ2) is 3.46. The highest BCUT2D eigenvalue weighted by Gasteiger charge is 2.31. The van der Waals surface area contributed by atoms with Gasteiger partial charge in [-0.25, -0.2) is 4.98 Å². The average molecular weight is 217 g/mol. The zero-order chi connectivity index (χ0) is 9.31. The van der Waals surface area contributed by atoms with E-state index in [0.717, 1.165) is 16.0 Å². The Morgan fingerprint density at radius 1 is 1.69 bits per heavy atom. The smallest absolute Gasteiger partial charge is 0.184 e. The number of thiazole rings is 1. The minimum Gasteiger partial charge on any atom is -0.361 e. The van der Waals surface area contributed by atoms with Crippen LogP contribution in [0.3, 0.4) is 0 Å². The third-order valence-corrected chi connectivity index (χ3v) is 3.78. The lowest BCUT2D eigenvalue weighted by molar-refractivity contribution is 0.180. The van der Waals surface area contributed by atoms with Gasteiger partial charge in [0.1, 0.15) is 4.34 Å². The van der Waals surface area contributed by atoms with Crippen molar-refractivity contribution in [1.82, 2.24) is 4.98 Å². The highest BCUT2D eigenvalue weighted by atomic mass is 35.5. The summed E-state index contributed by atoms with van der Waals surface area (Å²) in [5.74, 6) is 0. The maximum absolute atomic E-state index is 5.77. The fourth-order valence-corrected chi connectivity index (χ4v) is 2.39. The van der Waals surface area contributed by atoms with Crippen molar-refractivity contribution < 1.29 is 0 Å². The first kappa shape index (κ1) is 9.28. The van der Waals surface area contributed by atoms with Crippen molar-refractivity contribution in [2.75, 3.05) is 11.9 Å². The van der Waals surface area contributed by atoms with Crippen LogP contribution in [0.1, 0.15) is 26.2 Å². The molecule has 0 atom stereocenters. The first-order chi connectivity index (χ1) is 6.18. The van der Waals surface area contributed by atoms with Crippen LogP contribution >= 0.6 is 22.9 Å². The summed E-state index contributed by atoms with van der Waals surface area (Å²) < 4.78 is 0.751. The van der Waals surface area contributed by atoms with Gasteiger partial charge in [0.2, 0.25) is 0 Å². The highest BCUT2D eigenvalue weighted by molar-refractivity contribution is 7.19. The minimum atomic E-state index is 0.498. The Labute approximate surface area is 87.3 Å². The molecule has 4 heteroatoms. The Morgan fingerprint density at radius 2 is 2.46 bits per heavy atom. The number of hydrogen-bond acceptors (Lipinski definition) is 3. The quantitative estimate of drug-likeness (QED) is 0.838. The van der Waals surface area contributed by atoms with E-state index in [1.165, 1.54) is 30.6 Å². The molecule has 0 bridgehead atoms. The molecule has 2 nitrogen and oxygen atoms in total. The van der Waals surface area contributed by atoms with E-state index in [0.29, 0.717) is 5.41 Å². The van der Waals surface area contributed by atoms with E-state index in [9.17, 15) is 0 Å². The molecule has 0 radical (unpaired) electrons. The Hall–Kier alpha value is -0.280. The first-order valence-corrected chi connectivity index (χ1v) is 5.73. The number of anilines is 1. The molecule has 1 aliphatic carbocycles. The Morgan fingerprint density at radius 3 is 2.92 bits per heavy atom. The van der Waals surface area contributed by atoms with Crippen molar-refractivity contribution in [3.63, 3.8) is 0 Å². The number of rotatable bonds is 3. The largest absolute Gasteiger partial charge is 0.361 e. The van der Waals surface area contributed by atoms with E-state index < -0.39 is 0 Å². The molecule has 0 unspecified atom stereocenters. The van der Waals surface area contributed by atoms with Crippen LogP contribution in [-0.4, -0.2) is 11.5 Å². The standard InChI is InChI=1S/C9H13ClN2S/c1-9(3-2-4-9)6-12-8-11-5-7(10)13-8/h5H,2-4,6H2,1H3,(H,11,12). The fourth-order valence-electron chi connectivity index (χ4n) is 1.58. The van der Waals surface area contributed by atoms with Crippen molar-refractivity contribution in [1.29, 1.82) is 0 Å². The molecule has 1 saturated carbocycles. The molecular weight excluding hydrogens is 204 g/mol. The lowest BCUT2D eigenvalue weighted by Crippen LogP contribution is -2.33. The second-order valence-corrected chi connectivity index (χ2v) is 5.65. The van der Waals surface area contributed by atoms with Gasteiger partial charge in [0.25, 0.3) is 0 Å². The molecule has 0 saturated heterocycles. The fraction of sp³-hybridized carbons (Fsp3) is 0.667. The predicted octanol–water partition coefficient (Wildman–Crippen LogP) is 3.40. The van der Waals surface area contributed by atoms with Crippen molar-refractivity contribution in [2.45, 2.75) is 26.2 Å². The molecule has 0 aliphatic heterocycles. The predicted molar refractivity (Wildman–Crippen MR) is 57.6 cm³/mol. The monoisotopic (exact) mass is 216 g/mol. The van der Waals surface area contributed by atoms with Crippen LogP contribution in [0.2, 0.25) is 4.34 Å². The molecule has 2 rings (SSSR count). The summed E-state index contributed by atoms with van der Waals surface area (Å²) in [6.45, 7) is 3.34. The van der Waals surface area contributed by atoms with Crippen LogP contribution in [0.25, 0.3) is 0 Å². The average Bonchev–Trinajstić information content (AvgIpc) is 2.44. The molecular formula is C9H13ClN2S. The van der Waals surface area contributed by atoms with E-state index in [1.54, 1.807) is 6.20 Å². The third-order valence-electron chi connectivity index (χ3n) is 2.70. The number of halogens is 1. The molecule has 1 aliphatic rings. The maximum atomic E-state index is 5.77. The van der Waals surface area contributed by atoms with Gasteiger partial charge in [-0.05, 0) is 18.3 Å². The van der Waals surface area contributed by atoms with E-state index in [-0.39, 0.29) is 0 Å². The highest BCUT2D eigenvalue weighted by Crippen LogP contribution is 2.40. The van der Waals surface area contributed by atoms with Gasteiger partial charge < -0.3 is 5.32 Å². The summed E-state index contributed by atoms with van der Waals surface area (Å²) >= 11 is 7.28. The molecule has 1 aromatic heterocycles. The van der Waals surface area contributed by atoms with Crippen molar-refractivity contribution in [3.05, 3.63) is 10.5 Å². The van der Waals surface area contributed by atoms with Gasteiger partial charge in [-0.15, -0.1) is 0 Å². The second-order valence-electron chi connectivity index (χ2n) is 3.99. The SMILES string of the molecule is CC1(CNc2ncc(Cl)s2)CCC1. The van der Waals surface area contributed by atoms with Gasteiger partial charge >= 0.3 is 0 Å². The Balaban J connectivity index is 1.85. The van der Waals surface area contributed by atoms with Crippen LogP contribution in [0, 0.1) is 5.41 Å². The van der Waals surface area contributed by atoms with Gasteiger partial charge in [-0.2, -0.15) is 0 Å². The summed E-state index contributed by atoms with van der Waals surface area (Å²) in [6.07, 6.45) is 5.73. The molecule has 72 valence electrons. The summed E-state index contributed by atoms with van der Waals surface area (Å²) in [6, 6.07) is 0. The molecule has 1 N–H and O–H groups in total. The Bertz CT molecular complexity index is 294. The maximum Gasteiger partial charge on any atom is 0.184 e. The van der Waals surface area contributed by atoms with Gasteiger partial charge in [0.05, 0.1) is 6.20 Å². The molecule has 0 spiro atoms. The molecule has 0 amide bonds. The van der Waals surface area contributed by atoms with Crippen LogP contribution in [0.15, 0.2) is 6.20 Å². The van der Waals surface area contributed by atoms with E-state index in [2.05, 4.69) is 17.2 Å². The first-order valence-electron chi connectivity index (χ1n) is 4.53. The normalized spacial score (nSPS) is 19.5. The zero-order valence-corrected chi connectivity index (χ0v) is 9.21. The summed E-state index contributed by atoms with van der Waals surface area (Å²) in [5.41, 5.74) is 0.498. The van der Waals surface area contributed by atoms with Crippen molar-refractivity contribution in [3.8, 4) is 0 Å². The molecule has 13 heavy (non-hydrogen) atoms. The van der Waals surface area contributed by atoms with Gasteiger partial charge in [0, 0.05) is 6.54 Å². The van der Waals surface area contributed by atoms with Crippen molar-refractivity contribution in [2.24, 2.45) is 5.41 Å². The minimum absolute atomic E-state index is 0.498. The molecule has 1 aromatic rings. The van der Waals surface area contributed by atoms with Crippen LogP contribution in [0.5, 0.6) is 0 Å². The van der Waals surface area contributed by atoms with Gasteiger partial charge in [-0.1, -0.05) is 36.3 Å². The summed E-state index contributed by atoms with van der Waals surface area (Å²) in [4.78, 5) is 4.15. The number of nitrogens with one attached hydrogen (secondary N) is 1. The third kappa shape index (κ3) is 2.15. The Kier molecular flexibility index (Phi) is 2.47. The number of hydrogen-bond donors (Lipinski definition) is 1. The summed E-state index contributed by atoms with van der Waals surface area (Å²) in [5, 5.41) is 4.27. The van der Waals surface area contributed by atoms with E-state index in [1.807, 2.05) is 0 Å². The molecule has 1 fully saturated rings. The van der Waals surface area contributed by atoms with Crippen LogP contribution in [0.4, 0.5) is 5.13 Å². The number of nitrogens with zero attached hydrogens (tertiary/aromatic N) is 1. The van der Waals surface area contributed by atoms with Gasteiger partial charge in [0.15, 0.2) is 5.13 Å². The lowest BCUT2D eigenvalue weighted by atomic mass is 9.70. The topological polar surface area (TPSA) is 24.9 Å². The van der Waals surface area contributed by atoms with Crippen LogP contribution < -0.4 is 5.32 Å². The lowest BCUT2D eigenvalue weighted by Gasteiger charge is -2.38. The van der Waals surface area contributed by atoms with Gasteiger partial charge in [-0.3, -0.25) is 0 Å². The van der Waals surface area contributed by atoms with Crippen molar-refractivity contribution >= 4 is 28.1 Å². The van der Waals surface area contributed by atoms with Crippen LogP contribution in [-0.2, 0) is 0 Å². The number of aromatic nitrogens is 1. The molecule has 1 heterocycles. The van der Waals surface area contributed by atoms with E-state index in [4.69, 9.17) is 11.6 Å². The summed E-state index contributed by atoms with van der Waals surface area (Å²) in [7, 11) is 0. The molecule has 0 aromatic carbocycles.